The lowest BCUT2D eigenvalue weighted by molar-refractivity contribution is -0.168. The largest absolute Gasteiger partial charge is 0.467 e. The first-order valence-electron chi connectivity index (χ1n) is 4.81. The lowest BCUT2D eigenvalue weighted by Gasteiger charge is -2.23. The SMILES string of the molecule is COC(=O)[C@]12C=C[C@H](O1)[C@@H]1COC(=O)[C@@H]12. The second-order valence-electron chi connectivity index (χ2n) is 4.00. The molecule has 0 spiro atoms. The Labute approximate surface area is 86.0 Å². The second kappa shape index (κ2) is 2.61. The Morgan fingerprint density at radius 2 is 2.47 bits per heavy atom. The van der Waals surface area contributed by atoms with Crippen molar-refractivity contribution < 1.29 is 23.8 Å². The number of rotatable bonds is 1. The fourth-order valence-electron chi connectivity index (χ4n) is 2.67. The summed E-state index contributed by atoms with van der Waals surface area (Å²) in [5.41, 5.74) is -1.22. The van der Waals surface area contributed by atoms with Crippen LogP contribution in [-0.2, 0) is 23.8 Å². The maximum Gasteiger partial charge on any atom is 0.343 e. The minimum Gasteiger partial charge on any atom is -0.467 e. The van der Waals surface area contributed by atoms with Gasteiger partial charge in [-0.25, -0.2) is 4.79 Å². The first kappa shape index (κ1) is 8.91. The van der Waals surface area contributed by atoms with Crippen LogP contribution in [0.1, 0.15) is 0 Å². The van der Waals surface area contributed by atoms with Crippen molar-refractivity contribution in [2.45, 2.75) is 11.7 Å². The van der Waals surface area contributed by atoms with Crippen LogP contribution in [0.2, 0.25) is 0 Å². The minimum absolute atomic E-state index is 0.0402. The first-order chi connectivity index (χ1) is 7.19. The van der Waals surface area contributed by atoms with E-state index in [4.69, 9.17) is 9.47 Å². The Morgan fingerprint density at radius 3 is 3.20 bits per heavy atom. The zero-order valence-corrected chi connectivity index (χ0v) is 8.14. The molecule has 0 amide bonds. The molecule has 0 aromatic rings. The number of carbonyl (C=O) groups excluding carboxylic acids is 2. The van der Waals surface area contributed by atoms with Gasteiger partial charge in [-0.05, 0) is 6.08 Å². The molecule has 3 heterocycles. The molecule has 0 radical (unpaired) electrons. The van der Waals surface area contributed by atoms with E-state index in [0.29, 0.717) is 6.61 Å². The zero-order valence-electron chi connectivity index (χ0n) is 8.14. The van der Waals surface area contributed by atoms with E-state index in [9.17, 15) is 9.59 Å². The molecule has 80 valence electrons. The van der Waals surface area contributed by atoms with Gasteiger partial charge in [-0.1, -0.05) is 6.08 Å². The van der Waals surface area contributed by atoms with Gasteiger partial charge in [-0.3, -0.25) is 4.79 Å². The van der Waals surface area contributed by atoms with Crippen LogP contribution in [0.15, 0.2) is 12.2 Å². The number of hydrogen-bond donors (Lipinski definition) is 0. The molecule has 4 atom stereocenters. The van der Waals surface area contributed by atoms with Crippen molar-refractivity contribution >= 4 is 11.9 Å². The average molecular weight is 210 g/mol. The summed E-state index contributed by atoms with van der Waals surface area (Å²) in [5, 5.41) is 0. The highest BCUT2D eigenvalue weighted by Gasteiger charge is 2.67. The Balaban J connectivity index is 2.06. The number of esters is 2. The number of cyclic esters (lactones) is 1. The first-order valence-corrected chi connectivity index (χ1v) is 4.81. The van der Waals surface area contributed by atoms with Crippen molar-refractivity contribution in [2.75, 3.05) is 13.7 Å². The van der Waals surface area contributed by atoms with E-state index in [1.165, 1.54) is 7.11 Å². The molecule has 2 saturated heterocycles. The monoisotopic (exact) mass is 210 g/mol. The predicted molar refractivity (Wildman–Crippen MR) is 46.7 cm³/mol. The molecule has 5 nitrogen and oxygen atoms in total. The highest BCUT2D eigenvalue weighted by atomic mass is 16.6. The number of fused-ring (bicyclic) bond motifs is 5. The fraction of sp³-hybridized carbons (Fsp3) is 0.600. The summed E-state index contributed by atoms with van der Waals surface area (Å²) in [4.78, 5) is 23.2. The highest BCUT2D eigenvalue weighted by Crippen LogP contribution is 2.50. The van der Waals surface area contributed by atoms with Gasteiger partial charge in [0.2, 0.25) is 0 Å². The second-order valence-corrected chi connectivity index (χ2v) is 4.00. The summed E-state index contributed by atoms with van der Waals surface area (Å²) in [6.07, 6.45) is 3.23. The van der Waals surface area contributed by atoms with Gasteiger partial charge < -0.3 is 14.2 Å². The van der Waals surface area contributed by atoms with Crippen molar-refractivity contribution in [1.82, 2.24) is 0 Å². The molecule has 0 aliphatic carbocycles. The van der Waals surface area contributed by atoms with Gasteiger partial charge in [0.05, 0.1) is 19.8 Å². The van der Waals surface area contributed by atoms with E-state index >= 15 is 0 Å². The van der Waals surface area contributed by atoms with Crippen LogP contribution in [0.4, 0.5) is 0 Å². The molecular formula is C10H10O5. The molecule has 0 N–H and O–H groups in total. The van der Waals surface area contributed by atoms with E-state index in [2.05, 4.69) is 4.74 Å². The van der Waals surface area contributed by atoms with E-state index in [1.54, 1.807) is 12.2 Å². The maximum atomic E-state index is 11.7. The number of hydrogen-bond acceptors (Lipinski definition) is 5. The molecular weight excluding hydrogens is 200 g/mol. The van der Waals surface area contributed by atoms with Crippen LogP contribution < -0.4 is 0 Å². The van der Waals surface area contributed by atoms with Crippen molar-refractivity contribution in [3.05, 3.63) is 12.2 Å². The molecule has 3 rings (SSSR count). The van der Waals surface area contributed by atoms with E-state index in [0.717, 1.165) is 0 Å². The Bertz CT molecular complexity index is 374. The van der Waals surface area contributed by atoms with Gasteiger partial charge in [0.1, 0.15) is 5.92 Å². The lowest BCUT2D eigenvalue weighted by atomic mass is 9.77. The summed E-state index contributed by atoms with van der Waals surface area (Å²) >= 11 is 0. The van der Waals surface area contributed by atoms with Crippen LogP contribution in [0.5, 0.6) is 0 Å². The van der Waals surface area contributed by atoms with Gasteiger partial charge in [-0.15, -0.1) is 0 Å². The minimum atomic E-state index is -1.22. The molecule has 0 aromatic carbocycles. The van der Waals surface area contributed by atoms with Crippen molar-refractivity contribution in [2.24, 2.45) is 11.8 Å². The van der Waals surface area contributed by atoms with Gasteiger partial charge in [-0.2, -0.15) is 0 Å². The van der Waals surface area contributed by atoms with Crippen LogP contribution in [0.25, 0.3) is 0 Å². The molecule has 0 saturated carbocycles. The molecule has 5 heteroatoms. The third-order valence-corrected chi connectivity index (χ3v) is 3.35. The third kappa shape index (κ3) is 0.866. The van der Waals surface area contributed by atoms with Crippen LogP contribution in [-0.4, -0.2) is 37.4 Å². The van der Waals surface area contributed by atoms with Crippen molar-refractivity contribution in [1.29, 1.82) is 0 Å². The highest BCUT2D eigenvalue weighted by molar-refractivity contribution is 5.92. The predicted octanol–water partition coefficient (Wildman–Crippen LogP) is -0.344. The molecule has 3 aliphatic heterocycles. The quantitative estimate of drug-likeness (QED) is 0.437. The smallest absolute Gasteiger partial charge is 0.343 e. The van der Waals surface area contributed by atoms with Crippen molar-refractivity contribution in [3.63, 3.8) is 0 Å². The molecule has 3 aliphatic rings. The van der Waals surface area contributed by atoms with Crippen LogP contribution >= 0.6 is 0 Å². The Kier molecular flexibility index (Phi) is 1.55. The number of ether oxygens (including phenoxy) is 3. The summed E-state index contributed by atoms with van der Waals surface area (Å²) in [5.74, 6) is -1.45. The van der Waals surface area contributed by atoms with E-state index in [-0.39, 0.29) is 18.0 Å². The summed E-state index contributed by atoms with van der Waals surface area (Å²) < 4.78 is 15.2. The lowest BCUT2D eigenvalue weighted by Crippen LogP contribution is -2.45. The summed E-state index contributed by atoms with van der Waals surface area (Å²) in [6, 6.07) is 0. The molecule has 0 aromatic heterocycles. The average Bonchev–Trinajstić information content (AvgIpc) is 2.89. The fourth-order valence-corrected chi connectivity index (χ4v) is 2.67. The maximum absolute atomic E-state index is 11.7. The molecule has 2 bridgehead atoms. The topological polar surface area (TPSA) is 61.8 Å². The van der Waals surface area contributed by atoms with E-state index < -0.39 is 17.5 Å². The summed E-state index contributed by atoms with van der Waals surface area (Å²) in [6.45, 7) is 0.331. The van der Waals surface area contributed by atoms with Crippen LogP contribution in [0.3, 0.4) is 0 Å². The normalized spacial score (nSPS) is 45.4. The Hall–Kier alpha value is -1.36. The van der Waals surface area contributed by atoms with Crippen LogP contribution in [0, 0.1) is 11.8 Å². The third-order valence-electron chi connectivity index (χ3n) is 3.35. The standard InChI is InChI=1S/C10H10O5/c1-13-9(12)10-3-2-6(15-10)5-4-14-8(11)7(5)10/h2-3,5-7H,4H2,1H3/t5-,6-,7+,10+/m0/s1. The van der Waals surface area contributed by atoms with Gasteiger partial charge in [0, 0.05) is 5.92 Å². The number of carbonyl (C=O) groups is 2. The molecule has 15 heavy (non-hydrogen) atoms. The summed E-state index contributed by atoms with van der Waals surface area (Å²) in [7, 11) is 1.29. The van der Waals surface area contributed by atoms with Crippen molar-refractivity contribution in [3.8, 4) is 0 Å². The number of methoxy groups -OCH3 is 1. The molecule has 0 unspecified atom stereocenters. The molecule has 2 fully saturated rings. The van der Waals surface area contributed by atoms with Gasteiger partial charge in [0.25, 0.3) is 0 Å². The zero-order chi connectivity index (χ0) is 10.6. The van der Waals surface area contributed by atoms with E-state index in [1.807, 2.05) is 0 Å². The van der Waals surface area contributed by atoms with Gasteiger partial charge in [0.15, 0.2) is 5.60 Å². The van der Waals surface area contributed by atoms with Gasteiger partial charge >= 0.3 is 11.9 Å². The Morgan fingerprint density at radius 1 is 1.67 bits per heavy atom.